The van der Waals surface area contributed by atoms with Gasteiger partial charge < -0.3 is 10.2 Å². The fourth-order valence-electron chi connectivity index (χ4n) is 6.52. The Hall–Kier alpha value is -4.92. The minimum Gasteiger partial charge on any atom is -0.396 e. The van der Waals surface area contributed by atoms with Crippen LogP contribution in [0.3, 0.4) is 0 Å². The predicted molar refractivity (Wildman–Crippen MR) is 160 cm³/mol. The number of aliphatic hydroxyl groups is 2. The molecule has 0 saturated carbocycles. The standard InChI is InChI=1S/C34H30N2O6/c37-23-29(26-15-6-2-7-16-26)31-21-12-22-33(34(31,35(39)40)36(41)42,32(24-38)27-17-8-3-9-18-27)30-20-11-10-19-28(30)25-13-4-1-5-14-25/h1-22,29,32,37-38H,23-24H2/t29-,32-,33?/m0/s1. The van der Waals surface area contributed by atoms with Crippen molar-refractivity contribution >= 4 is 0 Å². The van der Waals surface area contributed by atoms with Gasteiger partial charge in [0, 0.05) is 11.8 Å². The summed E-state index contributed by atoms with van der Waals surface area (Å²) >= 11 is 0. The van der Waals surface area contributed by atoms with Crippen molar-refractivity contribution in [3.05, 3.63) is 176 Å². The quantitative estimate of drug-likeness (QED) is 0.141. The van der Waals surface area contributed by atoms with E-state index < -0.39 is 46.0 Å². The van der Waals surface area contributed by atoms with E-state index in [1.165, 1.54) is 12.2 Å². The maximum absolute atomic E-state index is 13.6. The third kappa shape index (κ3) is 4.41. The van der Waals surface area contributed by atoms with Gasteiger partial charge in [-0.1, -0.05) is 127 Å². The first-order chi connectivity index (χ1) is 20.4. The predicted octanol–water partition coefficient (Wildman–Crippen LogP) is 5.89. The molecule has 1 aliphatic rings. The van der Waals surface area contributed by atoms with Gasteiger partial charge in [-0.3, -0.25) is 20.2 Å². The van der Waals surface area contributed by atoms with E-state index in [1.54, 1.807) is 91.0 Å². The van der Waals surface area contributed by atoms with E-state index >= 15 is 0 Å². The van der Waals surface area contributed by atoms with Crippen LogP contribution in [0.25, 0.3) is 11.1 Å². The normalized spacial score (nSPS) is 19.0. The summed E-state index contributed by atoms with van der Waals surface area (Å²) in [6.07, 6.45) is 4.46. The molecule has 0 aromatic heterocycles. The number of aliphatic hydroxyl groups excluding tert-OH is 2. The van der Waals surface area contributed by atoms with Crippen LogP contribution in [0.2, 0.25) is 0 Å². The zero-order valence-corrected chi connectivity index (χ0v) is 22.7. The van der Waals surface area contributed by atoms with Crippen molar-refractivity contribution in [2.75, 3.05) is 13.2 Å². The Kier molecular flexibility index (Phi) is 8.10. The molecule has 8 heteroatoms. The van der Waals surface area contributed by atoms with Gasteiger partial charge in [0.1, 0.15) is 9.85 Å². The van der Waals surface area contributed by atoms with Crippen LogP contribution in [0.15, 0.2) is 139 Å². The lowest BCUT2D eigenvalue weighted by atomic mass is 9.54. The largest absolute Gasteiger partial charge is 0.494 e. The van der Waals surface area contributed by atoms with E-state index in [2.05, 4.69) is 0 Å². The van der Waals surface area contributed by atoms with Crippen LogP contribution in [0.5, 0.6) is 0 Å². The number of nitrogens with zero attached hydrogens (tertiary/aromatic N) is 2. The highest BCUT2D eigenvalue weighted by atomic mass is 16.7. The zero-order chi connectivity index (χ0) is 29.7. The molecule has 5 rings (SSSR count). The van der Waals surface area contributed by atoms with Crippen molar-refractivity contribution in [1.82, 2.24) is 0 Å². The number of benzene rings is 4. The summed E-state index contributed by atoms with van der Waals surface area (Å²) in [5.41, 5.74) is -2.63. The van der Waals surface area contributed by atoms with Gasteiger partial charge in [-0.15, -0.1) is 0 Å². The molecule has 0 aliphatic heterocycles. The fraction of sp³-hybridized carbons (Fsp3) is 0.176. The molecule has 0 fully saturated rings. The Labute approximate surface area is 243 Å². The second-order valence-corrected chi connectivity index (χ2v) is 10.2. The minimum atomic E-state index is -3.01. The second-order valence-electron chi connectivity index (χ2n) is 10.2. The molecule has 2 N–H and O–H groups in total. The number of rotatable bonds is 10. The summed E-state index contributed by atoms with van der Waals surface area (Å²) < 4.78 is 0. The van der Waals surface area contributed by atoms with Crippen LogP contribution >= 0.6 is 0 Å². The topological polar surface area (TPSA) is 127 Å². The molecule has 0 spiro atoms. The van der Waals surface area contributed by atoms with E-state index in [0.29, 0.717) is 27.8 Å². The Morgan fingerprint density at radius 1 is 0.667 bits per heavy atom. The summed E-state index contributed by atoms with van der Waals surface area (Å²) in [4.78, 5) is 25.5. The van der Waals surface area contributed by atoms with Gasteiger partial charge in [0.2, 0.25) is 0 Å². The van der Waals surface area contributed by atoms with E-state index in [-0.39, 0.29) is 5.57 Å². The average Bonchev–Trinajstić information content (AvgIpc) is 3.03. The van der Waals surface area contributed by atoms with Gasteiger partial charge in [0.25, 0.3) is 0 Å². The number of nitro groups is 2. The van der Waals surface area contributed by atoms with Crippen LogP contribution in [0.4, 0.5) is 0 Å². The van der Waals surface area contributed by atoms with E-state index in [4.69, 9.17) is 0 Å². The first-order valence-corrected chi connectivity index (χ1v) is 13.6. The molecule has 1 unspecified atom stereocenters. The van der Waals surface area contributed by atoms with Crippen molar-refractivity contribution < 1.29 is 20.1 Å². The highest BCUT2D eigenvalue weighted by Gasteiger charge is 2.78. The first kappa shape index (κ1) is 28.6. The summed E-state index contributed by atoms with van der Waals surface area (Å²) in [6, 6.07) is 33.3. The van der Waals surface area contributed by atoms with Crippen LogP contribution < -0.4 is 0 Å². The molecule has 3 atom stereocenters. The average molecular weight is 563 g/mol. The van der Waals surface area contributed by atoms with Crippen molar-refractivity contribution in [3.63, 3.8) is 0 Å². The molecule has 0 radical (unpaired) electrons. The van der Waals surface area contributed by atoms with Crippen LogP contribution in [0.1, 0.15) is 28.5 Å². The van der Waals surface area contributed by atoms with Gasteiger partial charge in [-0.05, 0) is 33.9 Å². The smallest absolute Gasteiger partial charge is 0.396 e. The molecule has 1 aliphatic carbocycles. The Morgan fingerprint density at radius 3 is 1.74 bits per heavy atom. The van der Waals surface area contributed by atoms with Crippen LogP contribution in [-0.2, 0) is 5.41 Å². The molecule has 4 aromatic carbocycles. The lowest BCUT2D eigenvalue weighted by Crippen LogP contribution is -2.67. The van der Waals surface area contributed by atoms with Gasteiger partial charge in [-0.2, -0.15) is 0 Å². The van der Waals surface area contributed by atoms with Gasteiger partial charge in [0.15, 0.2) is 5.41 Å². The summed E-state index contributed by atoms with van der Waals surface area (Å²) in [7, 11) is 0. The van der Waals surface area contributed by atoms with Gasteiger partial charge in [-0.25, -0.2) is 0 Å². The van der Waals surface area contributed by atoms with Crippen molar-refractivity contribution in [3.8, 4) is 11.1 Å². The maximum atomic E-state index is 13.6. The van der Waals surface area contributed by atoms with Crippen molar-refractivity contribution in [1.29, 1.82) is 0 Å². The summed E-state index contributed by atoms with van der Waals surface area (Å²) in [5.74, 6) is -2.18. The molecule has 0 amide bonds. The molecule has 212 valence electrons. The third-order valence-corrected chi connectivity index (χ3v) is 8.29. The zero-order valence-electron chi connectivity index (χ0n) is 22.7. The molecule has 0 heterocycles. The highest BCUT2D eigenvalue weighted by molar-refractivity contribution is 5.71. The number of hydrogen-bond donors (Lipinski definition) is 2. The van der Waals surface area contributed by atoms with Gasteiger partial charge >= 0.3 is 5.66 Å². The Bertz CT molecular complexity index is 1610. The van der Waals surface area contributed by atoms with Crippen molar-refractivity contribution in [2.24, 2.45) is 0 Å². The van der Waals surface area contributed by atoms with Crippen LogP contribution in [-0.4, -0.2) is 38.9 Å². The van der Waals surface area contributed by atoms with E-state index in [9.17, 15) is 30.4 Å². The molecule has 4 aromatic rings. The molecule has 0 saturated heterocycles. The fourth-order valence-corrected chi connectivity index (χ4v) is 6.52. The summed E-state index contributed by atoms with van der Waals surface area (Å²) in [5, 5.41) is 48.9. The minimum absolute atomic E-state index is 0.175. The monoisotopic (exact) mass is 562 g/mol. The summed E-state index contributed by atoms with van der Waals surface area (Å²) in [6.45, 7) is -1.22. The van der Waals surface area contributed by atoms with Gasteiger partial charge in [0.05, 0.1) is 18.8 Å². The number of allylic oxidation sites excluding steroid dienone is 2. The van der Waals surface area contributed by atoms with Crippen LogP contribution in [0, 0.1) is 20.2 Å². The lowest BCUT2D eigenvalue weighted by Gasteiger charge is -2.45. The SMILES string of the molecule is O=[N+]([O-])C1([N+](=O)[O-])C([C@@H](CO)c2ccccc2)=CC=CC1(c1ccccc1-c1ccccc1)[C@@H](CO)c1ccccc1. The molecular weight excluding hydrogens is 532 g/mol. The second kappa shape index (κ2) is 11.9. The maximum Gasteiger partial charge on any atom is 0.494 e. The molecule has 8 nitrogen and oxygen atoms in total. The highest BCUT2D eigenvalue weighted by Crippen LogP contribution is 2.58. The van der Waals surface area contributed by atoms with E-state index in [0.717, 1.165) is 0 Å². The number of hydrogen-bond acceptors (Lipinski definition) is 6. The Morgan fingerprint density at radius 2 is 1.19 bits per heavy atom. The molecule has 0 bridgehead atoms. The first-order valence-electron chi connectivity index (χ1n) is 13.6. The Balaban J connectivity index is 1.95. The third-order valence-electron chi connectivity index (χ3n) is 8.29. The van der Waals surface area contributed by atoms with Crippen molar-refractivity contribution in [2.45, 2.75) is 22.9 Å². The lowest BCUT2D eigenvalue weighted by molar-refractivity contribution is -0.796. The van der Waals surface area contributed by atoms with E-state index in [1.807, 2.05) is 30.3 Å². The molecular formula is C34H30N2O6. The molecule has 42 heavy (non-hydrogen) atoms.